The highest BCUT2D eigenvalue weighted by Gasteiger charge is 2.17. The number of furan rings is 1. The minimum atomic E-state index is -1.05. The van der Waals surface area contributed by atoms with Crippen LogP contribution >= 0.6 is 0 Å². The Labute approximate surface area is 137 Å². The van der Waals surface area contributed by atoms with Crippen LogP contribution < -0.4 is 4.74 Å². The van der Waals surface area contributed by atoms with Crippen LogP contribution in [0.3, 0.4) is 0 Å². The molecular formula is C18H15FO5. The van der Waals surface area contributed by atoms with E-state index in [-0.39, 0.29) is 5.82 Å². The van der Waals surface area contributed by atoms with Gasteiger partial charge in [0.2, 0.25) is 0 Å². The minimum Gasteiger partial charge on any atom is -0.482 e. The Morgan fingerprint density at radius 3 is 2.62 bits per heavy atom. The highest BCUT2D eigenvalue weighted by atomic mass is 19.1. The monoisotopic (exact) mass is 330 g/mol. The van der Waals surface area contributed by atoms with Gasteiger partial charge in [-0.05, 0) is 42.5 Å². The highest BCUT2D eigenvalue weighted by Crippen LogP contribution is 2.36. The Morgan fingerprint density at radius 1 is 1.21 bits per heavy atom. The van der Waals surface area contributed by atoms with Crippen LogP contribution in [0.4, 0.5) is 4.39 Å². The lowest BCUT2D eigenvalue weighted by atomic mass is 10.1. The third kappa shape index (κ3) is 3.23. The number of fused-ring (bicyclic) bond motifs is 1. The number of carboxylic acid groups (broad SMARTS) is 1. The van der Waals surface area contributed by atoms with E-state index in [1.54, 1.807) is 37.4 Å². The molecule has 3 rings (SSSR count). The Kier molecular flexibility index (Phi) is 4.48. The summed E-state index contributed by atoms with van der Waals surface area (Å²) >= 11 is 0. The van der Waals surface area contributed by atoms with Gasteiger partial charge in [-0.3, -0.25) is 0 Å². The zero-order chi connectivity index (χ0) is 17.1. The lowest BCUT2D eigenvalue weighted by Gasteiger charge is -2.04. The molecule has 2 aromatic carbocycles. The summed E-state index contributed by atoms with van der Waals surface area (Å²) in [6.07, 6.45) is 0. The van der Waals surface area contributed by atoms with Gasteiger partial charge in [0, 0.05) is 23.6 Å². The quantitative estimate of drug-likeness (QED) is 0.743. The van der Waals surface area contributed by atoms with Crippen LogP contribution in [0.5, 0.6) is 5.75 Å². The van der Waals surface area contributed by atoms with Crippen LogP contribution in [0.15, 0.2) is 46.9 Å². The summed E-state index contributed by atoms with van der Waals surface area (Å²) in [5.41, 5.74) is 2.14. The van der Waals surface area contributed by atoms with Crippen LogP contribution in [0, 0.1) is 5.82 Å². The molecule has 0 aliphatic carbocycles. The van der Waals surface area contributed by atoms with E-state index in [9.17, 15) is 9.18 Å². The molecule has 0 bridgehead atoms. The second-order valence-electron chi connectivity index (χ2n) is 5.19. The molecule has 0 aliphatic rings. The molecule has 0 radical (unpaired) electrons. The van der Waals surface area contributed by atoms with E-state index in [1.165, 1.54) is 12.1 Å². The van der Waals surface area contributed by atoms with Crippen LogP contribution in [0.1, 0.15) is 5.56 Å². The summed E-state index contributed by atoms with van der Waals surface area (Å²) in [4.78, 5) is 10.6. The fraction of sp³-hybridized carbons (Fsp3) is 0.167. The predicted molar refractivity (Wildman–Crippen MR) is 85.5 cm³/mol. The van der Waals surface area contributed by atoms with Gasteiger partial charge in [-0.25, -0.2) is 9.18 Å². The highest BCUT2D eigenvalue weighted by molar-refractivity contribution is 5.89. The number of hydrogen-bond acceptors (Lipinski definition) is 4. The van der Waals surface area contributed by atoms with E-state index in [0.29, 0.717) is 23.7 Å². The van der Waals surface area contributed by atoms with E-state index < -0.39 is 12.6 Å². The van der Waals surface area contributed by atoms with Gasteiger partial charge >= 0.3 is 5.97 Å². The van der Waals surface area contributed by atoms with E-state index in [1.807, 2.05) is 0 Å². The van der Waals surface area contributed by atoms with E-state index in [0.717, 1.165) is 16.5 Å². The number of benzene rings is 2. The molecule has 0 amide bonds. The predicted octanol–water partition coefficient (Wildman–Crippen LogP) is 3.85. The second kappa shape index (κ2) is 6.72. The van der Waals surface area contributed by atoms with Crippen molar-refractivity contribution < 1.29 is 28.2 Å². The summed E-state index contributed by atoms with van der Waals surface area (Å²) in [6.45, 7) is -0.129. The number of aliphatic carboxylic acids is 1. The molecule has 24 heavy (non-hydrogen) atoms. The lowest BCUT2D eigenvalue weighted by molar-refractivity contribution is -0.139. The van der Waals surface area contributed by atoms with Gasteiger partial charge in [0.15, 0.2) is 6.61 Å². The van der Waals surface area contributed by atoms with Crippen molar-refractivity contribution in [2.75, 3.05) is 13.7 Å². The van der Waals surface area contributed by atoms with Gasteiger partial charge in [-0.1, -0.05) is 0 Å². The Morgan fingerprint density at radius 2 is 1.96 bits per heavy atom. The minimum absolute atomic E-state index is 0.294. The van der Waals surface area contributed by atoms with Crippen molar-refractivity contribution in [1.82, 2.24) is 0 Å². The number of carbonyl (C=O) groups is 1. The third-order valence-corrected chi connectivity index (χ3v) is 3.52. The van der Waals surface area contributed by atoms with Crippen molar-refractivity contribution in [3.05, 3.63) is 53.8 Å². The van der Waals surface area contributed by atoms with Crippen LogP contribution in [-0.4, -0.2) is 24.8 Å². The maximum Gasteiger partial charge on any atom is 0.341 e. The molecule has 5 nitrogen and oxygen atoms in total. The number of hydrogen-bond donors (Lipinski definition) is 1. The zero-order valence-corrected chi connectivity index (χ0v) is 12.9. The number of carboxylic acids is 1. The molecule has 0 aliphatic heterocycles. The molecule has 0 saturated carbocycles. The first-order valence-electron chi connectivity index (χ1n) is 7.23. The van der Waals surface area contributed by atoms with Gasteiger partial charge in [-0.2, -0.15) is 0 Å². The van der Waals surface area contributed by atoms with Gasteiger partial charge in [0.05, 0.1) is 6.61 Å². The van der Waals surface area contributed by atoms with E-state index in [4.69, 9.17) is 19.0 Å². The van der Waals surface area contributed by atoms with Crippen LogP contribution in [0.25, 0.3) is 22.3 Å². The van der Waals surface area contributed by atoms with Crippen molar-refractivity contribution in [3.63, 3.8) is 0 Å². The molecule has 124 valence electrons. The molecule has 1 aromatic heterocycles. The molecule has 3 aromatic rings. The smallest absolute Gasteiger partial charge is 0.341 e. The number of halogens is 1. The Balaban J connectivity index is 2.07. The SMILES string of the molecule is COCc1c(-c2ccc(F)cc2)oc2ccc(OCC(=O)O)cc12. The first-order valence-corrected chi connectivity index (χ1v) is 7.23. The van der Waals surface area contributed by atoms with Gasteiger partial charge < -0.3 is 19.0 Å². The summed E-state index contributed by atoms with van der Waals surface area (Å²) in [5.74, 6) is -0.366. The van der Waals surface area contributed by atoms with Crippen molar-refractivity contribution in [2.24, 2.45) is 0 Å². The van der Waals surface area contributed by atoms with Crippen LogP contribution in [-0.2, 0) is 16.1 Å². The molecule has 1 heterocycles. The average molecular weight is 330 g/mol. The average Bonchev–Trinajstić information content (AvgIpc) is 2.92. The van der Waals surface area contributed by atoms with Gasteiger partial charge in [-0.15, -0.1) is 0 Å². The van der Waals surface area contributed by atoms with Crippen molar-refractivity contribution in [1.29, 1.82) is 0 Å². The summed E-state index contributed by atoms with van der Waals surface area (Å²) < 4.78 is 29.5. The first-order chi connectivity index (χ1) is 11.6. The van der Waals surface area contributed by atoms with E-state index >= 15 is 0 Å². The second-order valence-corrected chi connectivity index (χ2v) is 5.19. The molecule has 0 fully saturated rings. The molecule has 0 saturated heterocycles. The summed E-state index contributed by atoms with van der Waals surface area (Å²) in [6, 6.07) is 11.0. The third-order valence-electron chi connectivity index (χ3n) is 3.52. The number of rotatable bonds is 6. The first kappa shape index (κ1) is 16.0. The van der Waals surface area contributed by atoms with Crippen molar-refractivity contribution in [3.8, 4) is 17.1 Å². The van der Waals surface area contributed by atoms with Gasteiger partial charge in [0.25, 0.3) is 0 Å². The number of methoxy groups -OCH3 is 1. The molecule has 0 spiro atoms. The molecule has 0 unspecified atom stereocenters. The van der Waals surface area contributed by atoms with Crippen LogP contribution in [0.2, 0.25) is 0 Å². The molecule has 6 heteroatoms. The maximum absolute atomic E-state index is 13.1. The lowest BCUT2D eigenvalue weighted by Crippen LogP contribution is -2.09. The fourth-order valence-corrected chi connectivity index (χ4v) is 2.48. The Hall–Kier alpha value is -2.86. The van der Waals surface area contributed by atoms with Crippen molar-refractivity contribution in [2.45, 2.75) is 6.61 Å². The zero-order valence-electron chi connectivity index (χ0n) is 12.9. The molecule has 1 N–H and O–H groups in total. The molecule has 0 atom stereocenters. The normalized spacial score (nSPS) is 10.9. The standard InChI is InChI=1S/C18H15FO5/c1-22-9-15-14-8-13(23-10-17(20)21)6-7-16(14)24-18(15)11-2-4-12(19)5-3-11/h2-8H,9-10H2,1H3,(H,20,21). The summed E-state index contributed by atoms with van der Waals surface area (Å²) in [5, 5.41) is 9.47. The van der Waals surface area contributed by atoms with Crippen molar-refractivity contribution >= 4 is 16.9 Å². The number of ether oxygens (including phenoxy) is 2. The topological polar surface area (TPSA) is 68.9 Å². The summed E-state index contributed by atoms with van der Waals surface area (Å²) in [7, 11) is 1.57. The largest absolute Gasteiger partial charge is 0.482 e. The molecular weight excluding hydrogens is 315 g/mol. The Bertz CT molecular complexity index is 867. The maximum atomic E-state index is 13.1. The van der Waals surface area contributed by atoms with Gasteiger partial charge in [0.1, 0.15) is 22.9 Å². The van der Waals surface area contributed by atoms with E-state index in [2.05, 4.69) is 0 Å². The fourth-order valence-electron chi connectivity index (χ4n) is 2.48.